The highest BCUT2D eigenvalue weighted by molar-refractivity contribution is 6.29. The Bertz CT molecular complexity index is 786. The number of hydrogen-bond acceptors (Lipinski definition) is 5. The number of nitro benzene ring substituents is 1. The lowest BCUT2D eigenvalue weighted by Gasteiger charge is -2.02. The molecule has 0 aliphatic carbocycles. The average molecular weight is 276 g/mol. The highest BCUT2D eigenvalue weighted by atomic mass is 35.5. The molecule has 0 radical (unpaired) electrons. The van der Waals surface area contributed by atoms with Gasteiger partial charge in [0.2, 0.25) is 0 Å². The number of aromatic nitrogens is 4. The van der Waals surface area contributed by atoms with E-state index in [1.165, 1.54) is 23.0 Å². The van der Waals surface area contributed by atoms with Gasteiger partial charge in [-0.1, -0.05) is 11.6 Å². The number of rotatable bonds is 2. The second-order valence-corrected chi connectivity index (χ2v) is 4.18. The fraction of sp³-hybridized carbons (Fsp3) is 0. The maximum atomic E-state index is 10.8. The third-order valence-electron chi connectivity index (χ3n) is 2.62. The van der Waals surface area contributed by atoms with Gasteiger partial charge in [0.25, 0.3) is 5.69 Å². The molecule has 94 valence electrons. The molecule has 2 aromatic heterocycles. The first kappa shape index (κ1) is 11.5. The van der Waals surface area contributed by atoms with Crippen LogP contribution in [0.1, 0.15) is 0 Å². The molecule has 0 unspecified atom stereocenters. The van der Waals surface area contributed by atoms with Crippen molar-refractivity contribution in [2.45, 2.75) is 0 Å². The maximum absolute atomic E-state index is 10.8. The predicted octanol–water partition coefficient (Wildman–Crippen LogP) is 2.38. The monoisotopic (exact) mass is 275 g/mol. The van der Waals surface area contributed by atoms with Gasteiger partial charge < -0.3 is 0 Å². The summed E-state index contributed by atoms with van der Waals surface area (Å²) in [5.41, 5.74) is 1.20. The molecule has 0 atom stereocenters. The molecule has 0 saturated carbocycles. The van der Waals surface area contributed by atoms with E-state index in [0.717, 1.165) is 5.39 Å². The summed E-state index contributed by atoms with van der Waals surface area (Å²) in [7, 11) is 0. The summed E-state index contributed by atoms with van der Waals surface area (Å²) in [6.45, 7) is 0. The summed E-state index contributed by atoms with van der Waals surface area (Å²) in [4.78, 5) is 10.4. The van der Waals surface area contributed by atoms with Crippen LogP contribution in [0.4, 0.5) is 5.69 Å². The third-order valence-corrected chi connectivity index (χ3v) is 2.80. The van der Waals surface area contributed by atoms with E-state index in [4.69, 9.17) is 11.6 Å². The van der Waals surface area contributed by atoms with Crippen molar-refractivity contribution in [2.75, 3.05) is 0 Å². The van der Waals surface area contributed by atoms with Gasteiger partial charge in [0.1, 0.15) is 0 Å². The van der Waals surface area contributed by atoms with Crippen LogP contribution in [0.25, 0.3) is 16.6 Å². The Balaban J connectivity index is 2.24. The molecule has 8 heteroatoms. The topological polar surface area (TPSA) is 86.7 Å². The van der Waals surface area contributed by atoms with Crippen molar-refractivity contribution < 1.29 is 4.92 Å². The van der Waals surface area contributed by atoms with Gasteiger partial charge in [-0.3, -0.25) is 10.1 Å². The number of hydrogen-bond donors (Lipinski definition) is 0. The van der Waals surface area contributed by atoms with Crippen molar-refractivity contribution >= 4 is 28.2 Å². The Labute approximate surface area is 111 Å². The molecule has 19 heavy (non-hydrogen) atoms. The zero-order chi connectivity index (χ0) is 13.4. The molecular formula is C11H6ClN5O2. The molecule has 3 aromatic rings. The lowest BCUT2D eigenvalue weighted by molar-refractivity contribution is -0.384. The summed E-state index contributed by atoms with van der Waals surface area (Å²) in [6.07, 6.45) is 3.10. The predicted molar refractivity (Wildman–Crippen MR) is 68.3 cm³/mol. The number of halogens is 1. The van der Waals surface area contributed by atoms with Crippen LogP contribution >= 0.6 is 11.6 Å². The summed E-state index contributed by atoms with van der Waals surface area (Å²) >= 11 is 5.77. The molecular weight excluding hydrogens is 270 g/mol. The molecule has 0 saturated heterocycles. The summed E-state index contributed by atoms with van der Waals surface area (Å²) < 4.78 is 1.53. The van der Waals surface area contributed by atoms with Crippen molar-refractivity contribution in [1.82, 2.24) is 20.0 Å². The van der Waals surface area contributed by atoms with E-state index in [2.05, 4.69) is 15.3 Å². The number of benzene rings is 1. The Morgan fingerprint density at radius 2 is 2.11 bits per heavy atom. The Morgan fingerprint density at radius 1 is 1.26 bits per heavy atom. The van der Waals surface area contributed by atoms with Gasteiger partial charge in [-0.25, -0.2) is 4.68 Å². The van der Waals surface area contributed by atoms with Crippen molar-refractivity contribution in [3.05, 3.63) is 51.9 Å². The normalized spacial score (nSPS) is 10.8. The Kier molecular flexibility index (Phi) is 2.60. The van der Waals surface area contributed by atoms with E-state index in [9.17, 15) is 10.1 Å². The number of nitro groups is 1. The lowest BCUT2D eigenvalue weighted by atomic mass is 10.2. The van der Waals surface area contributed by atoms with Gasteiger partial charge in [-0.05, 0) is 6.07 Å². The van der Waals surface area contributed by atoms with Crippen molar-refractivity contribution in [2.24, 2.45) is 0 Å². The Morgan fingerprint density at radius 3 is 2.84 bits per heavy atom. The highest BCUT2D eigenvalue weighted by Gasteiger charge is 2.11. The number of nitrogens with zero attached hydrogens (tertiary/aromatic N) is 5. The van der Waals surface area contributed by atoms with E-state index in [1.54, 1.807) is 18.3 Å². The van der Waals surface area contributed by atoms with Crippen LogP contribution in [0.3, 0.4) is 0 Å². The molecule has 0 aliphatic rings. The van der Waals surface area contributed by atoms with Crippen LogP contribution in [0.2, 0.25) is 5.15 Å². The molecule has 0 bridgehead atoms. The quantitative estimate of drug-likeness (QED) is 0.529. The SMILES string of the molecule is O=[N+]([O-])c1ccc2cnn(-c3cnnc(Cl)c3)c2c1. The van der Waals surface area contributed by atoms with E-state index in [1.807, 2.05) is 0 Å². The van der Waals surface area contributed by atoms with Crippen LogP contribution < -0.4 is 0 Å². The van der Waals surface area contributed by atoms with Crippen LogP contribution in [0.5, 0.6) is 0 Å². The van der Waals surface area contributed by atoms with Gasteiger partial charge >= 0.3 is 0 Å². The van der Waals surface area contributed by atoms with Crippen LogP contribution in [0.15, 0.2) is 36.7 Å². The molecule has 7 nitrogen and oxygen atoms in total. The van der Waals surface area contributed by atoms with Gasteiger partial charge in [0.15, 0.2) is 5.15 Å². The highest BCUT2D eigenvalue weighted by Crippen LogP contribution is 2.23. The Hall–Kier alpha value is -2.54. The first-order valence-corrected chi connectivity index (χ1v) is 5.64. The van der Waals surface area contributed by atoms with Crippen molar-refractivity contribution in [3.63, 3.8) is 0 Å². The molecule has 2 heterocycles. The molecule has 0 spiro atoms. The molecule has 1 aromatic carbocycles. The minimum Gasteiger partial charge on any atom is -0.258 e. The number of fused-ring (bicyclic) bond motifs is 1. The molecule has 0 aliphatic heterocycles. The van der Waals surface area contributed by atoms with Crippen LogP contribution in [0, 0.1) is 10.1 Å². The van der Waals surface area contributed by atoms with E-state index < -0.39 is 4.92 Å². The van der Waals surface area contributed by atoms with Crippen molar-refractivity contribution in [3.8, 4) is 5.69 Å². The minimum atomic E-state index is -0.450. The van der Waals surface area contributed by atoms with Gasteiger partial charge in [-0.2, -0.15) is 10.2 Å². The van der Waals surface area contributed by atoms with Crippen LogP contribution in [-0.2, 0) is 0 Å². The van der Waals surface area contributed by atoms with E-state index in [-0.39, 0.29) is 10.8 Å². The molecule has 0 fully saturated rings. The van der Waals surface area contributed by atoms with E-state index in [0.29, 0.717) is 11.2 Å². The lowest BCUT2D eigenvalue weighted by Crippen LogP contribution is -1.98. The standard InChI is InChI=1S/C11H6ClN5O2/c12-11-4-9(6-13-15-11)16-10-3-8(17(18)19)2-1-7(10)5-14-16/h1-6H. The summed E-state index contributed by atoms with van der Waals surface area (Å²) in [6, 6.07) is 6.12. The first-order chi connectivity index (χ1) is 9.15. The summed E-state index contributed by atoms with van der Waals surface area (Å²) in [5.74, 6) is 0. The van der Waals surface area contributed by atoms with Gasteiger partial charge in [0, 0.05) is 23.6 Å². The largest absolute Gasteiger partial charge is 0.271 e. The maximum Gasteiger partial charge on any atom is 0.271 e. The second kappa shape index (κ2) is 4.29. The third kappa shape index (κ3) is 2.00. The average Bonchev–Trinajstić information content (AvgIpc) is 2.81. The number of non-ortho nitro benzene ring substituents is 1. The molecule has 0 N–H and O–H groups in total. The van der Waals surface area contributed by atoms with E-state index >= 15 is 0 Å². The van der Waals surface area contributed by atoms with Gasteiger partial charge in [0.05, 0.1) is 28.5 Å². The first-order valence-electron chi connectivity index (χ1n) is 5.26. The fourth-order valence-electron chi connectivity index (χ4n) is 1.77. The van der Waals surface area contributed by atoms with Crippen molar-refractivity contribution in [1.29, 1.82) is 0 Å². The van der Waals surface area contributed by atoms with Gasteiger partial charge in [-0.15, -0.1) is 5.10 Å². The zero-order valence-electron chi connectivity index (χ0n) is 9.39. The minimum absolute atomic E-state index is 0.00219. The molecule has 3 rings (SSSR count). The zero-order valence-corrected chi connectivity index (χ0v) is 10.2. The second-order valence-electron chi connectivity index (χ2n) is 3.79. The molecule has 0 amide bonds. The smallest absolute Gasteiger partial charge is 0.258 e. The van der Waals surface area contributed by atoms with Crippen LogP contribution in [-0.4, -0.2) is 24.9 Å². The summed E-state index contributed by atoms with van der Waals surface area (Å²) in [5, 5.41) is 23.4. The fourth-order valence-corrected chi connectivity index (χ4v) is 1.93.